The minimum atomic E-state index is -4.91. The first-order valence-corrected chi connectivity index (χ1v) is 6.27. The molecule has 0 radical (unpaired) electrons. The normalized spacial score (nSPS) is 23.8. The zero-order valence-electron chi connectivity index (χ0n) is 12.0. The molecule has 1 heterocycles. The fourth-order valence-corrected chi connectivity index (χ4v) is 1.89. The Bertz CT molecular complexity index is 418. The van der Waals surface area contributed by atoms with E-state index in [9.17, 15) is 22.8 Å². The number of amides is 1. The summed E-state index contributed by atoms with van der Waals surface area (Å²) in [6.45, 7) is 3.34. The summed E-state index contributed by atoms with van der Waals surface area (Å²) in [5, 5.41) is 8.69. The summed E-state index contributed by atoms with van der Waals surface area (Å²) in [6.07, 6.45) is -7.10. The van der Waals surface area contributed by atoms with Gasteiger partial charge in [-0.25, -0.2) is 4.79 Å². The number of carbonyl (C=O) groups excluding carboxylic acids is 1. The van der Waals surface area contributed by atoms with E-state index in [0.717, 1.165) is 4.90 Å². The monoisotopic (exact) mass is 313 g/mol. The zero-order chi connectivity index (χ0) is 16.5. The molecule has 0 saturated carbocycles. The molecule has 0 unspecified atom stereocenters. The van der Waals surface area contributed by atoms with Crippen molar-refractivity contribution in [2.75, 3.05) is 19.7 Å². The molecule has 0 aromatic heterocycles. The molecule has 0 aromatic rings. The van der Waals surface area contributed by atoms with Gasteiger partial charge in [-0.3, -0.25) is 4.79 Å². The maximum Gasteiger partial charge on any atom is 0.419 e. The van der Waals surface area contributed by atoms with Gasteiger partial charge in [0.05, 0.1) is 19.6 Å². The first kappa shape index (κ1) is 17.5. The fraction of sp³-hybridized carbons (Fsp3) is 0.833. The SMILES string of the molecule is CC(C)(C)OC(=O)N1CCO[C@@](CC(=O)O)(C(F)(F)F)C1. The second kappa shape index (κ2) is 5.70. The van der Waals surface area contributed by atoms with Crippen molar-refractivity contribution in [2.24, 2.45) is 0 Å². The van der Waals surface area contributed by atoms with E-state index in [4.69, 9.17) is 14.6 Å². The smallest absolute Gasteiger partial charge is 0.419 e. The molecule has 0 aromatic carbocycles. The second-order valence-electron chi connectivity index (χ2n) is 5.81. The van der Waals surface area contributed by atoms with Gasteiger partial charge in [0.2, 0.25) is 0 Å². The molecule has 6 nitrogen and oxygen atoms in total. The van der Waals surface area contributed by atoms with Crippen LogP contribution in [-0.2, 0) is 14.3 Å². The third-order valence-electron chi connectivity index (χ3n) is 2.79. The molecule has 1 fully saturated rings. The maximum atomic E-state index is 13.2. The Labute approximate surface area is 119 Å². The van der Waals surface area contributed by atoms with Gasteiger partial charge < -0.3 is 19.5 Å². The van der Waals surface area contributed by atoms with Crippen LogP contribution in [0.15, 0.2) is 0 Å². The molecule has 21 heavy (non-hydrogen) atoms. The zero-order valence-corrected chi connectivity index (χ0v) is 12.0. The third-order valence-corrected chi connectivity index (χ3v) is 2.79. The number of halogens is 3. The molecular weight excluding hydrogens is 295 g/mol. The number of carbonyl (C=O) groups is 2. The molecule has 1 saturated heterocycles. The molecule has 1 atom stereocenters. The van der Waals surface area contributed by atoms with Crippen molar-refractivity contribution in [1.82, 2.24) is 4.90 Å². The van der Waals surface area contributed by atoms with E-state index >= 15 is 0 Å². The van der Waals surface area contributed by atoms with Crippen LogP contribution in [0, 0.1) is 0 Å². The Hall–Kier alpha value is -1.51. The van der Waals surface area contributed by atoms with Crippen LogP contribution in [0.5, 0.6) is 0 Å². The molecule has 1 aliphatic heterocycles. The summed E-state index contributed by atoms with van der Waals surface area (Å²) in [6, 6.07) is 0. The van der Waals surface area contributed by atoms with E-state index in [0.29, 0.717) is 0 Å². The highest BCUT2D eigenvalue weighted by Gasteiger charge is 2.60. The summed E-state index contributed by atoms with van der Waals surface area (Å²) in [7, 11) is 0. The number of aliphatic carboxylic acids is 1. The second-order valence-corrected chi connectivity index (χ2v) is 5.81. The number of hydrogen-bond acceptors (Lipinski definition) is 4. The van der Waals surface area contributed by atoms with Crippen molar-refractivity contribution in [2.45, 2.75) is 44.6 Å². The standard InChI is InChI=1S/C12H18F3NO5/c1-10(2,3)21-9(19)16-4-5-20-11(7-16,6-8(17)18)12(13,14)15/h4-7H2,1-3H3,(H,17,18)/t11-/m1/s1. The average Bonchev–Trinajstić information content (AvgIpc) is 2.24. The van der Waals surface area contributed by atoms with Crippen molar-refractivity contribution in [3.8, 4) is 0 Å². The lowest BCUT2D eigenvalue weighted by molar-refractivity contribution is -0.295. The molecule has 122 valence electrons. The highest BCUT2D eigenvalue weighted by molar-refractivity contribution is 5.70. The van der Waals surface area contributed by atoms with Crippen LogP contribution in [0.4, 0.5) is 18.0 Å². The van der Waals surface area contributed by atoms with Crippen LogP contribution in [0.1, 0.15) is 27.2 Å². The van der Waals surface area contributed by atoms with Crippen molar-refractivity contribution in [1.29, 1.82) is 0 Å². The molecule has 0 spiro atoms. The summed E-state index contributed by atoms with van der Waals surface area (Å²) in [4.78, 5) is 23.4. The quantitative estimate of drug-likeness (QED) is 0.844. The Balaban J connectivity index is 2.94. The van der Waals surface area contributed by atoms with Gasteiger partial charge in [-0.15, -0.1) is 0 Å². The van der Waals surface area contributed by atoms with Gasteiger partial charge in [0.15, 0.2) is 5.60 Å². The lowest BCUT2D eigenvalue weighted by Crippen LogP contribution is -2.62. The van der Waals surface area contributed by atoms with Crippen LogP contribution in [-0.4, -0.2) is 59.1 Å². The summed E-state index contributed by atoms with van der Waals surface area (Å²) < 4.78 is 49.2. The maximum absolute atomic E-state index is 13.2. The van der Waals surface area contributed by atoms with Gasteiger partial charge in [0, 0.05) is 6.54 Å². The highest BCUT2D eigenvalue weighted by atomic mass is 19.4. The number of rotatable bonds is 2. The minimum absolute atomic E-state index is 0.0909. The number of morpholine rings is 1. The summed E-state index contributed by atoms with van der Waals surface area (Å²) >= 11 is 0. The lowest BCUT2D eigenvalue weighted by atomic mass is 9.96. The molecule has 9 heteroatoms. The van der Waals surface area contributed by atoms with E-state index in [-0.39, 0.29) is 6.54 Å². The Morgan fingerprint density at radius 2 is 1.90 bits per heavy atom. The average molecular weight is 313 g/mol. The van der Waals surface area contributed by atoms with Gasteiger partial charge in [-0.2, -0.15) is 13.2 Å². The van der Waals surface area contributed by atoms with Gasteiger partial charge in [0.1, 0.15) is 5.60 Å². The van der Waals surface area contributed by atoms with Crippen LogP contribution in [0.2, 0.25) is 0 Å². The summed E-state index contributed by atoms with van der Waals surface area (Å²) in [5.41, 5.74) is -3.77. The Morgan fingerprint density at radius 3 is 2.33 bits per heavy atom. The molecule has 1 rings (SSSR count). The van der Waals surface area contributed by atoms with Gasteiger partial charge in [-0.1, -0.05) is 0 Å². The first-order chi connectivity index (χ1) is 9.36. The van der Waals surface area contributed by atoms with Gasteiger partial charge in [-0.05, 0) is 20.8 Å². The van der Waals surface area contributed by atoms with E-state index < -0.39 is 49.0 Å². The van der Waals surface area contributed by atoms with Crippen molar-refractivity contribution in [3.05, 3.63) is 0 Å². The van der Waals surface area contributed by atoms with Gasteiger partial charge in [0.25, 0.3) is 0 Å². The van der Waals surface area contributed by atoms with Crippen molar-refractivity contribution < 1.29 is 37.3 Å². The Morgan fingerprint density at radius 1 is 1.33 bits per heavy atom. The summed E-state index contributed by atoms with van der Waals surface area (Å²) in [5.74, 6) is -1.65. The molecule has 1 N–H and O–H groups in total. The number of nitrogens with zero attached hydrogens (tertiary/aromatic N) is 1. The molecule has 0 bridgehead atoms. The first-order valence-electron chi connectivity index (χ1n) is 6.27. The largest absolute Gasteiger partial charge is 0.481 e. The van der Waals surface area contributed by atoms with E-state index in [1.807, 2.05) is 0 Å². The minimum Gasteiger partial charge on any atom is -0.481 e. The topological polar surface area (TPSA) is 76.1 Å². The van der Waals surface area contributed by atoms with Gasteiger partial charge >= 0.3 is 18.2 Å². The highest BCUT2D eigenvalue weighted by Crippen LogP contribution is 2.39. The molecule has 1 aliphatic rings. The Kier molecular flexibility index (Phi) is 4.76. The van der Waals surface area contributed by atoms with Crippen LogP contribution in [0.25, 0.3) is 0 Å². The number of alkyl halides is 3. The molecular formula is C12H18F3NO5. The number of ether oxygens (including phenoxy) is 2. The predicted octanol–water partition coefficient (Wildman–Crippen LogP) is 2.03. The van der Waals surface area contributed by atoms with Crippen molar-refractivity contribution in [3.63, 3.8) is 0 Å². The lowest BCUT2D eigenvalue weighted by Gasteiger charge is -2.42. The van der Waals surface area contributed by atoms with E-state index in [2.05, 4.69) is 0 Å². The van der Waals surface area contributed by atoms with Crippen LogP contribution < -0.4 is 0 Å². The van der Waals surface area contributed by atoms with Crippen LogP contribution >= 0.6 is 0 Å². The van der Waals surface area contributed by atoms with Crippen LogP contribution in [0.3, 0.4) is 0 Å². The fourth-order valence-electron chi connectivity index (χ4n) is 1.89. The number of carboxylic acids is 1. The number of carboxylic acid groups (broad SMARTS) is 1. The predicted molar refractivity (Wildman–Crippen MR) is 64.8 cm³/mol. The molecule has 1 amide bonds. The van der Waals surface area contributed by atoms with Crippen molar-refractivity contribution >= 4 is 12.1 Å². The van der Waals surface area contributed by atoms with E-state index in [1.54, 1.807) is 20.8 Å². The third kappa shape index (κ3) is 4.48. The molecule has 0 aliphatic carbocycles. The van der Waals surface area contributed by atoms with E-state index in [1.165, 1.54) is 0 Å². The number of hydrogen-bond donors (Lipinski definition) is 1.